The van der Waals surface area contributed by atoms with Crippen molar-refractivity contribution in [3.05, 3.63) is 57.8 Å². The van der Waals surface area contributed by atoms with Crippen LogP contribution in [0, 0.1) is 5.82 Å². The van der Waals surface area contributed by atoms with E-state index in [1.807, 2.05) is 0 Å². The number of hydrogen-bond acceptors (Lipinski definition) is 3. The summed E-state index contributed by atoms with van der Waals surface area (Å²) in [6.45, 7) is -0.105. The monoisotopic (exact) mass is 354 g/mol. The second kappa shape index (κ2) is 6.58. The number of para-hydroxylation sites is 1. The number of benzene rings is 2. The van der Waals surface area contributed by atoms with Crippen molar-refractivity contribution in [1.82, 2.24) is 0 Å². The average Bonchev–Trinajstić information content (AvgIpc) is 2.47. The number of ether oxygens (including phenoxy) is 2. The second-order valence-corrected chi connectivity index (χ2v) is 5.08. The highest BCUT2D eigenvalue weighted by atomic mass is 79.9. The molecule has 0 saturated carbocycles. The molecule has 2 rings (SSSR count). The highest BCUT2D eigenvalue weighted by Crippen LogP contribution is 2.32. The SMILES string of the molecule is COc1cccc(C(=O)O)c1OCc1cc(Br)ccc1F. The van der Waals surface area contributed by atoms with E-state index in [1.54, 1.807) is 24.3 Å². The van der Waals surface area contributed by atoms with E-state index in [0.29, 0.717) is 10.0 Å². The minimum absolute atomic E-state index is 0.0373. The lowest BCUT2D eigenvalue weighted by Gasteiger charge is -2.13. The van der Waals surface area contributed by atoms with Crippen LogP contribution < -0.4 is 9.47 Å². The Morgan fingerprint density at radius 3 is 2.76 bits per heavy atom. The van der Waals surface area contributed by atoms with Crippen LogP contribution in [0.25, 0.3) is 0 Å². The predicted octanol–water partition coefficient (Wildman–Crippen LogP) is 3.87. The van der Waals surface area contributed by atoms with E-state index in [0.717, 1.165) is 0 Å². The lowest BCUT2D eigenvalue weighted by Crippen LogP contribution is -2.06. The quantitative estimate of drug-likeness (QED) is 0.885. The first-order valence-electron chi connectivity index (χ1n) is 6.00. The number of carboxylic acid groups (broad SMARTS) is 1. The Morgan fingerprint density at radius 2 is 2.10 bits per heavy atom. The summed E-state index contributed by atoms with van der Waals surface area (Å²) in [6.07, 6.45) is 0. The number of methoxy groups -OCH3 is 1. The van der Waals surface area contributed by atoms with E-state index in [4.69, 9.17) is 14.6 Å². The average molecular weight is 355 g/mol. The summed E-state index contributed by atoms with van der Waals surface area (Å²) in [6, 6.07) is 8.99. The van der Waals surface area contributed by atoms with Crippen molar-refractivity contribution in [2.24, 2.45) is 0 Å². The third-order valence-electron chi connectivity index (χ3n) is 2.81. The number of rotatable bonds is 5. The van der Waals surface area contributed by atoms with Gasteiger partial charge in [-0.1, -0.05) is 22.0 Å². The molecule has 1 N–H and O–H groups in total. The topological polar surface area (TPSA) is 55.8 Å². The van der Waals surface area contributed by atoms with Crippen molar-refractivity contribution in [3.63, 3.8) is 0 Å². The molecule has 0 aliphatic rings. The zero-order valence-corrected chi connectivity index (χ0v) is 12.7. The van der Waals surface area contributed by atoms with Gasteiger partial charge in [0.15, 0.2) is 11.5 Å². The Morgan fingerprint density at radius 1 is 1.33 bits per heavy atom. The molecule has 2 aromatic carbocycles. The molecule has 0 aromatic heterocycles. The van der Waals surface area contributed by atoms with Gasteiger partial charge in [-0.25, -0.2) is 9.18 Å². The van der Waals surface area contributed by atoms with E-state index in [-0.39, 0.29) is 23.7 Å². The molecule has 0 aliphatic carbocycles. The fourth-order valence-electron chi connectivity index (χ4n) is 1.80. The number of carboxylic acids is 1. The van der Waals surface area contributed by atoms with Crippen LogP contribution in [0.15, 0.2) is 40.9 Å². The third-order valence-corrected chi connectivity index (χ3v) is 3.30. The molecule has 0 bridgehead atoms. The van der Waals surface area contributed by atoms with Crippen LogP contribution in [0.4, 0.5) is 4.39 Å². The van der Waals surface area contributed by atoms with E-state index in [1.165, 1.54) is 19.2 Å². The largest absolute Gasteiger partial charge is 0.493 e. The van der Waals surface area contributed by atoms with Crippen LogP contribution in [0.5, 0.6) is 11.5 Å². The molecule has 0 fully saturated rings. The maximum absolute atomic E-state index is 13.7. The molecule has 0 amide bonds. The molecule has 21 heavy (non-hydrogen) atoms. The summed E-state index contributed by atoms with van der Waals surface area (Å²) < 4.78 is 24.9. The maximum Gasteiger partial charge on any atom is 0.339 e. The minimum atomic E-state index is -1.14. The fourth-order valence-corrected chi connectivity index (χ4v) is 2.21. The smallest absolute Gasteiger partial charge is 0.339 e. The van der Waals surface area contributed by atoms with Crippen molar-refractivity contribution in [1.29, 1.82) is 0 Å². The molecule has 0 spiro atoms. The number of aromatic carboxylic acids is 1. The Hall–Kier alpha value is -2.08. The highest BCUT2D eigenvalue weighted by Gasteiger charge is 2.17. The van der Waals surface area contributed by atoms with Crippen molar-refractivity contribution < 1.29 is 23.8 Å². The van der Waals surface area contributed by atoms with Crippen molar-refractivity contribution in [2.75, 3.05) is 7.11 Å². The van der Waals surface area contributed by atoms with Gasteiger partial charge >= 0.3 is 5.97 Å². The molecule has 0 heterocycles. The normalized spacial score (nSPS) is 10.2. The van der Waals surface area contributed by atoms with Gasteiger partial charge in [0, 0.05) is 10.0 Å². The minimum Gasteiger partial charge on any atom is -0.493 e. The van der Waals surface area contributed by atoms with E-state index >= 15 is 0 Å². The summed E-state index contributed by atoms with van der Waals surface area (Å²) in [7, 11) is 1.41. The van der Waals surface area contributed by atoms with Crippen LogP contribution in [-0.4, -0.2) is 18.2 Å². The summed E-state index contributed by atoms with van der Waals surface area (Å²) in [5.74, 6) is -1.21. The molecule has 0 saturated heterocycles. The van der Waals surface area contributed by atoms with Gasteiger partial charge in [0.25, 0.3) is 0 Å². The predicted molar refractivity (Wildman–Crippen MR) is 78.4 cm³/mol. The molecular weight excluding hydrogens is 343 g/mol. The number of hydrogen-bond donors (Lipinski definition) is 1. The number of halogens is 2. The number of carbonyl (C=O) groups is 1. The molecule has 0 aliphatic heterocycles. The fraction of sp³-hybridized carbons (Fsp3) is 0.133. The van der Waals surface area contributed by atoms with Gasteiger partial charge in [0.05, 0.1) is 7.11 Å². The maximum atomic E-state index is 13.7. The first-order chi connectivity index (χ1) is 10.0. The summed E-state index contributed by atoms with van der Waals surface area (Å²) in [5.41, 5.74) is 0.274. The van der Waals surface area contributed by atoms with Crippen LogP contribution >= 0.6 is 15.9 Å². The molecule has 4 nitrogen and oxygen atoms in total. The van der Waals surface area contributed by atoms with Crippen molar-refractivity contribution in [2.45, 2.75) is 6.61 Å². The van der Waals surface area contributed by atoms with Crippen LogP contribution in [0.3, 0.4) is 0 Å². The molecule has 110 valence electrons. The van der Waals surface area contributed by atoms with Gasteiger partial charge in [0.1, 0.15) is 18.0 Å². The standard InChI is InChI=1S/C15H12BrFO4/c1-20-13-4-2-3-11(15(18)19)14(13)21-8-9-7-10(16)5-6-12(9)17/h2-7H,8H2,1H3,(H,18,19). The van der Waals surface area contributed by atoms with Crippen LogP contribution in [-0.2, 0) is 6.61 Å². The van der Waals surface area contributed by atoms with Gasteiger partial charge in [-0.15, -0.1) is 0 Å². The van der Waals surface area contributed by atoms with Crippen LogP contribution in [0.1, 0.15) is 15.9 Å². The zero-order valence-electron chi connectivity index (χ0n) is 11.1. The lowest BCUT2D eigenvalue weighted by molar-refractivity contribution is 0.0691. The molecule has 0 radical (unpaired) electrons. The third kappa shape index (κ3) is 3.52. The van der Waals surface area contributed by atoms with Crippen LogP contribution in [0.2, 0.25) is 0 Å². The molecule has 0 atom stereocenters. The molecule has 6 heteroatoms. The lowest BCUT2D eigenvalue weighted by atomic mass is 10.2. The molecule has 2 aromatic rings. The Bertz CT molecular complexity index is 673. The van der Waals surface area contributed by atoms with Gasteiger partial charge in [-0.2, -0.15) is 0 Å². The Labute approximate surface area is 129 Å². The summed E-state index contributed by atoms with van der Waals surface area (Å²) >= 11 is 3.25. The summed E-state index contributed by atoms with van der Waals surface area (Å²) in [4.78, 5) is 11.2. The first-order valence-corrected chi connectivity index (χ1v) is 6.79. The van der Waals surface area contributed by atoms with Gasteiger partial charge in [-0.05, 0) is 30.3 Å². The highest BCUT2D eigenvalue weighted by molar-refractivity contribution is 9.10. The van der Waals surface area contributed by atoms with Gasteiger partial charge in [0.2, 0.25) is 0 Å². The molecular formula is C15H12BrFO4. The van der Waals surface area contributed by atoms with Gasteiger partial charge in [-0.3, -0.25) is 0 Å². The Kier molecular flexibility index (Phi) is 4.80. The molecule has 0 unspecified atom stereocenters. The zero-order chi connectivity index (χ0) is 15.4. The first kappa shape index (κ1) is 15.3. The van der Waals surface area contributed by atoms with E-state index in [9.17, 15) is 9.18 Å². The van der Waals surface area contributed by atoms with E-state index in [2.05, 4.69) is 15.9 Å². The second-order valence-electron chi connectivity index (χ2n) is 4.17. The van der Waals surface area contributed by atoms with E-state index < -0.39 is 11.8 Å². The van der Waals surface area contributed by atoms with Crippen molar-refractivity contribution >= 4 is 21.9 Å². The summed E-state index contributed by atoms with van der Waals surface area (Å²) in [5, 5.41) is 9.16. The van der Waals surface area contributed by atoms with Crippen molar-refractivity contribution in [3.8, 4) is 11.5 Å². The van der Waals surface area contributed by atoms with Gasteiger partial charge < -0.3 is 14.6 Å². The Balaban J connectivity index is 2.31.